The third-order valence-corrected chi connectivity index (χ3v) is 5.51. The Hall–Kier alpha value is -2.97. The van der Waals surface area contributed by atoms with Crippen molar-refractivity contribution >= 4 is 6.29 Å². The maximum Gasteiger partial charge on any atom is 0.193 e. The van der Waals surface area contributed by atoms with E-state index in [4.69, 9.17) is 14.6 Å². The molecule has 2 aliphatic rings. The highest BCUT2D eigenvalue weighted by molar-refractivity contribution is 5.73. The Bertz CT molecular complexity index is 986. The number of benzene rings is 2. The van der Waals surface area contributed by atoms with Crippen molar-refractivity contribution in [2.24, 2.45) is 0 Å². The third kappa shape index (κ3) is 11.6. The number of morpholine rings is 2. The van der Waals surface area contributed by atoms with E-state index in [1.807, 2.05) is 24.3 Å². The summed E-state index contributed by atoms with van der Waals surface area (Å²) in [5.74, 6) is 10.7. The first-order valence-corrected chi connectivity index (χ1v) is 11.6. The fourth-order valence-electron chi connectivity index (χ4n) is 3.68. The number of carbonyl (C=O) groups excluding carboxylic acids is 1. The van der Waals surface area contributed by atoms with Gasteiger partial charge in [-0.25, -0.2) is 0 Å². The van der Waals surface area contributed by atoms with E-state index in [2.05, 4.69) is 57.7 Å². The molecule has 194 valence electrons. The van der Waals surface area contributed by atoms with Crippen molar-refractivity contribution in [3.8, 4) is 23.7 Å². The summed E-state index contributed by atoms with van der Waals surface area (Å²) in [7, 11) is 0. The lowest BCUT2D eigenvalue weighted by Gasteiger charge is -2.26. The van der Waals surface area contributed by atoms with Gasteiger partial charge in [0.2, 0.25) is 0 Å². The Morgan fingerprint density at radius 1 is 0.722 bits per heavy atom. The van der Waals surface area contributed by atoms with Crippen molar-refractivity contribution in [1.82, 2.24) is 9.80 Å². The topological polar surface area (TPSA) is 62.2 Å². The standard InChI is InChI=1S/C14H17NO2.C14H15NO2.2CH4/c2*16-9-1-2-13-3-5-14(6-4-13)12-15-7-10-17-11-8-15;;/h3-6,16H,7-12H2;3-6,9H,7-8,10-12H2;2*1H4. The second-order valence-corrected chi connectivity index (χ2v) is 8.02. The lowest BCUT2D eigenvalue weighted by molar-refractivity contribution is -0.103. The van der Waals surface area contributed by atoms with Crippen LogP contribution in [0.1, 0.15) is 37.1 Å². The lowest BCUT2D eigenvalue weighted by Crippen LogP contribution is -2.35. The van der Waals surface area contributed by atoms with Gasteiger partial charge in [-0.2, -0.15) is 0 Å². The van der Waals surface area contributed by atoms with E-state index in [1.165, 1.54) is 11.1 Å². The van der Waals surface area contributed by atoms with Crippen molar-refractivity contribution in [2.75, 3.05) is 59.2 Å². The first-order valence-electron chi connectivity index (χ1n) is 11.6. The zero-order chi connectivity index (χ0) is 23.8. The van der Waals surface area contributed by atoms with Crippen molar-refractivity contribution in [3.63, 3.8) is 0 Å². The molecule has 0 saturated carbocycles. The van der Waals surface area contributed by atoms with Gasteiger partial charge in [-0.15, -0.1) is 0 Å². The van der Waals surface area contributed by atoms with E-state index >= 15 is 0 Å². The van der Waals surface area contributed by atoms with Crippen LogP contribution in [0.5, 0.6) is 0 Å². The van der Waals surface area contributed by atoms with Gasteiger partial charge in [0.15, 0.2) is 6.29 Å². The number of nitrogens with zero attached hydrogens (tertiary/aromatic N) is 2. The van der Waals surface area contributed by atoms with E-state index in [0.717, 1.165) is 76.8 Å². The van der Waals surface area contributed by atoms with Crippen molar-refractivity contribution in [3.05, 3.63) is 70.8 Å². The molecule has 2 aromatic carbocycles. The van der Waals surface area contributed by atoms with Gasteiger partial charge in [-0.3, -0.25) is 14.6 Å². The Balaban J connectivity index is 0.000000341. The van der Waals surface area contributed by atoms with Gasteiger partial charge in [0.25, 0.3) is 0 Å². The summed E-state index contributed by atoms with van der Waals surface area (Å²) < 4.78 is 10.6. The molecule has 6 heteroatoms. The number of aliphatic hydroxyl groups is 1. The maximum atomic E-state index is 10.1. The lowest BCUT2D eigenvalue weighted by atomic mass is 10.1. The molecule has 0 aromatic heterocycles. The number of carbonyl (C=O) groups is 1. The second-order valence-electron chi connectivity index (χ2n) is 8.02. The quantitative estimate of drug-likeness (QED) is 0.523. The van der Waals surface area contributed by atoms with Crippen LogP contribution < -0.4 is 0 Å². The van der Waals surface area contributed by atoms with Crippen LogP contribution in [0, 0.1) is 23.7 Å². The second kappa shape index (κ2) is 18.3. The molecule has 2 fully saturated rings. The van der Waals surface area contributed by atoms with E-state index in [9.17, 15) is 4.79 Å². The average Bonchev–Trinajstić information content (AvgIpc) is 2.89. The summed E-state index contributed by atoms with van der Waals surface area (Å²) in [6.07, 6.45) is 0.613. The summed E-state index contributed by atoms with van der Waals surface area (Å²) in [4.78, 5) is 14.9. The number of ether oxygens (including phenoxy) is 2. The molecule has 1 N–H and O–H groups in total. The molecule has 6 nitrogen and oxygen atoms in total. The smallest absolute Gasteiger partial charge is 0.193 e. The monoisotopic (exact) mass is 492 g/mol. The van der Waals surface area contributed by atoms with E-state index < -0.39 is 0 Å². The van der Waals surface area contributed by atoms with Crippen LogP contribution in [-0.4, -0.2) is 80.4 Å². The predicted octanol–water partition coefficient (Wildman–Crippen LogP) is 3.20. The molecule has 2 aliphatic heterocycles. The Kier molecular flexibility index (Phi) is 15.8. The highest BCUT2D eigenvalue weighted by Crippen LogP contribution is 2.09. The van der Waals surface area contributed by atoms with Crippen molar-refractivity contribution < 1.29 is 19.4 Å². The molecule has 0 unspecified atom stereocenters. The molecule has 0 bridgehead atoms. The Morgan fingerprint density at radius 3 is 1.53 bits per heavy atom. The fourth-order valence-corrected chi connectivity index (χ4v) is 3.68. The number of aliphatic hydroxyl groups excluding tert-OH is 1. The van der Waals surface area contributed by atoms with E-state index in [1.54, 1.807) is 0 Å². The van der Waals surface area contributed by atoms with Gasteiger partial charge in [0.1, 0.15) is 6.61 Å². The SMILES string of the molecule is C.C.O=CC#Cc1ccc(CN2CCOCC2)cc1.OCC#Cc1ccc(CN2CCOCC2)cc1. The minimum Gasteiger partial charge on any atom is -0.384 e. The van der Waals surface area contributed by atoms with Gasteiger partial charge < -0.3 is 14.6 Å². The molecule has 0 amide bonds. The summed E-state index contributed by atoms with van der Waals surface area (Å²) >= 11 is 0. The first-order chi connectivity index (χ1) is 16.8. The van der Waals surface area contributed by atoms with Crippen molar-refractivity contribution in [2.45, 2.75) is 27.9 Å². The van der Waals surface area contributed by atoms with Crippen LogP contribution in [0.15, 0.2) is 48.5 Å². The van der Waals surface area contributed by atoms with E-state index in [0.29, 0.717) is 6.29 Å². The summed E-state index contributed by atoms with van der Waals surface area (Å²) in [5.41, 5.74) is 4.39. The van der Waals surface area contributed by atoms with Gasteiger partial charge in [-0.05, 0) is 41.3 Å². The van der Waals surface area contributed by atoms with Gasteiger partial charge >= 0.3 is 0 Å². The minimum absolute atomic E-state index is 0. The molecular formula is C30H40N2O4. The van der Waals surface area contributed by atoms with E-state index in [-0.39, 0.29) is 21.5 Å². The zero-order valence-corrected chi connectivity index (χ0v) is 19.5. The molecule has 0 radical (unpaired) electrons. The Morgan fingerprint density at radius 2 is 1.14 bits per heavy atom. The number of aldehydes is 1. The van der Waals surface area contributed by atoms with Crippen LogP contribution in [0.4, 0.5) is 0 Å². The number of hydrogen-bond acceptors (Lipinski definition) is 6. The average molecular weight is 493 g/mol. The molecule has 2 saturated heterocycles. The minimum atomic E-state index is -0.0878. The fraction of sp³-hybridized carbons (Fsp3) is 0.433. The molecule has 2 aromatic rings. The number of rotatable bonds is 4. The first kappa shape index (κ1) is 31.1. The Labute approximate surface area is 217 Å². The van der Waals surface area contributed by atoms with Gasteiger partial charge in [0, 0.05) is 50.4 Å². The van der Waals surface area contributed by atoms with Gasteiger partial charge in [0.05, 0.1) is 26.4 Å². The van der Waals surface area contributed by atoms with Crippen LogP contribution in [0.2, 0.25) is 0 Å². The summed E-state index contributed by atoms with van der Waals surface area (Å²) in [6.45, 7) is 9.14. The van der Waals surface area contributed by atoms with Crippen LogP contribution in [0.25, 0.3) is 0 Å². The molecule has 0 atom stereocenters. The maximum absolute atomic E-state index is 10.1. The number of hydrogen-bond donors (Lipinski definition) is 1. The van der Waals surface area contributed by atoms with Crippen LogP contribution in [0.3, 0.4) is 0 Å². The molecule has 0 aliphatic carbocycles. The largest absolute Gasteiger partial charge is 0.384 e. The molecule has 2 heterocycles. The highest BCUT2D eigenvalue weighted by atomic mass is 16.5. The van der Waals surface area contributed by atoms with Crippen molar-refractivity contribution in [1.29, 1.82) is 0 Å². The predicted molar refractivity (Wildman–Crippen MR) is 145 cm³/mol. The zero-order valence-electron chi connectivity index (χ0n) is 19.5. The summed E-state index contributed by atoms with van der Waals surface area (Å²) in [6, 6.07) is 16.2. The molecular weight excluding hydrogens is 452 g/mol. The van der Waals surface area contributed by atoms with Crippen LogP contribution >= 0.6 is 0 Å². The molecule has 36 heavy (non-hydrogen) atoms. The molecule has 0 spiro atoms. The molecule has 4 rings (SSSR count). The third-order valence-electron chi connectivity index (χ3n) is 5.51. The van der Waals surface area contributed by atoms with Gasteiger partial charge in [-0.1, -0.05) is 56.9 Å². The van der Waals surface area contributed by atoms with Crippen LogP contribution in [-0.2, 0) is 27.4 Å². The normalized spacial score (nSPS) is 15.2. The summed E-state index contributed by atoms with van der Waals surface area (Å²) in [5, 5.41) is 8.61. The highest BCUT2D eigenvalue weighted by Gasteiger charge is 2.11.